The summed E-state index contributed by atoms with van der Waals surface area (Å²) in [5, 5.41) is 9.52. The van der Waals surface area contributed by atoms with Crippen molar-refractivity contribution in [3.63, 3.8) is 0 Å². The van der Waals surface area contributed by atoms with E-state index in [0.29, 0.717) is 17.2 Å². The molecule has 1 saturated heterocycles. The normalized spacial score (nSPS) is 21.4. The number of halogens is 1. The largest absolute Gasteiger partial charge is 0.461 e. The Balaban J connectivity index is 1.89. The van der Waals surface area contributed by atoms with Gasteiger partial charge in [-0.2, -0.15) is 5.26 Å². The van der Waals surface area contributed by atoms with E-state index in [1.807, 2.05) is 18.2 Å². The molecule has 7 heteroatoms. The maximum Gasteiger partial charge on any atom is 0.356 e. The minimum absolute atomic E-state index is 0.00301. The van der Waals surface area contributed by atoms with Crippen LogP contribution in [-0.2, 0) is 15.1 Å². The van der Waals surface area contributed by atoms with Crippen molar-refractivity contribution >= 4 is 23.3 Å². The quantitative estimate of drug-likeness (QED) is 0.709. The lowest BCUT2D eigenvalue weighted by molar-refractivity contribution is -0.0180. The van der Waals surface area contributed by atoms with Crippen molar-refractivity contribution in [2.24, 2.45) is 0 Å². The molecule has 1 aliphatic rings. The Hall–Kier alpha value is -2.62. The van der Waals surface area contributed by atoms with Gasteiger partial charge in [0.05, 0.1) is 23.2 Å². The van der Waals surface area contributed by atoms with Gasteiger partial charge in [0.2, 0.25) is 0 Å². The number of aromatic nitrogens is 1. The van der Waals surface area contributed by atoms with Crippen molar-refractivity contribution in [1.82, 2.24) is 4.98 Å². The van der Waals surface area contributed by atoms with Gasteiger partial charge in [0.15, 0.2) is 0 Å². The monoisotopic (exact) mass is 399 g/mol. The Morgan fingerprint density at radius 1 is 1.43 bits per heavy atom. The minimum atomic E-state index is -0.569. The van der Waals surface area contributed by atoms with Gasteiger partial charge in [-0.15, -0.1) is 0 Å². The zero-order chi connectivity index (χ0) is 20.3. The zero-order valence-corrected chi connectivity index (χ0v) is 16.9. The van der Waals surface area contributed by atoms with E-state index in [0.717, 1.165) is 24.2 Å². The summed E-state index contributed by atoms with van der Waals surface area (Å²) >= 11 is 6.22. The molecule has 2 heterocycles. The van der Waals surface area contributed by atoms with E-state index < -0.39 is 11.6 Å². The van der Waals surface area contributed by atoms with Crippen molar-refractivity contribution in [3.8, 4) is 6.07 Å². The van der Waals surface area contributed by atoms with Crippen LogP contribution in [0.15, 0.2) is 36.5 Å². The lowest BCUT2D eigenvalue weighted by Crippen LogP contribution is -2.42. The third kappa shape index (κ3) is 3.44. The molecule has 28 heavy (non-hydrogen) atoms. The Labute approximate surface area is 169 Å². The third-order valence-corrected chi connectivity index (χ3v) is 5.68. The van der Waals surface area contributed by atoms with Crippen LogP contribution >= 0.6 is 11.6 Å². The molecule has 0 saturated carbocycles. The van der Waals surface area contributed by atoms with Crippen LogP contribution in [0.3, 0.4) is 0 Å². The first kappa shape index (κ1) is 20.1. The molecule has 6 nitrogen and oxygen atoms in total. The number of carbonyl (C=O) groups is 1. The van der Waals surface area contributed by atoms with Crippen LogP contribution in [0.5, 0.6) is 0 Å². The van der Waals surface area contributed by atoms with Crippen molar-refractivity contribution in [1.29, 1.82) is 5.26 Å². The number of anilines is 1. The molecular weight excluding hydrogens is 378 g/mol. The zero-order valence-electron chi connectivity index (χ0n) is 16.1. The number of nitrogens with zero attached hydrogens (tertiary/aromatic N) is 3. The van der Waals surface area contributed by atoms with Gasteiger partial charge in [0, 0.05) is 37.5 Å². The standard InChI is InChI=1S/C21H22ClN3O3/c1-4-28-20(26)19-8-6-16(13-24-19)21(27-3)9-10-25(14(21)2)17-7-5-15(12-23)18(22)11-17/h5-8,11,13-14H,4,9-10H2,1-3H3/t14-,21-/m0/s1. The molecule has 146 valence electrons. The van der Waals surface area contributed by atoms with Crippen LogP contribution < -0.4 is 4.90 Å². The number of rotatable bonds is 5. The highest BCUT2D eigenvalue weighted by atomic mass is 35.5. The highest BCUT2D eigenvalue weighted by Crippen LogP contribution is 2.43. The number of hydrogen-bond donors (Lipinski definition) is 0. The number of methoxy groups -OCH3 is 1. The highest BCUT2D eigenvalue weighted by molar-refractivity contribution is 6.32. The lowest BCUT2D eigenvalue weighted by Gasteiger charge is -2.36. The Morgan fingerprint density at radius 2 is 2.21 bits per heavy atom. The molecule has 2 aromatic rings. The van der Waals surface area contributed by atoms with Crippen molar-refractivity contribution < 1.29 is 14.3 Å². The van der Waals surface area contributed by atoms with Crippen molar-refractivity contribution in [2.45, 2.75) is 31.9 Å². The smallest absolute Gasteiger partial charge is 0.356 e. The van der Waals surface area contributed by atoms with E-state index in [2.05, 4.69) is 22.9 Å². The molecule has 0 unspecified atom stereocenters. The summed E-state index contributed by atoms with van der Waals surface area (Å²) in [6.07, 6.45) is 2.43. The Kier molecular flexibility index (Phi) is 5.87. The molecule has 0 aliphatic carbocycles. The number of pyridine rings is 1. The first-order chi connectivity index (χ1) is 13.5. The number of ether oxygens (including phenoxy) is 2. The van der Waals surface area contributed by atoms with Gasteiger partial charge in [-0.25, -0.2) is 9.78 Å². The summed E-state index contributed by atoms with van der Waals surface area (Å²) in [6, 6.07) is 11.1. The van der Waals surface area contributed by atoms with Crippen LogP contribution in [0.1, 0.15) is 41.9 Å². The van der Waals surface area contributed by atoms with Gasteiger partial charge in [-0.05, 0) is 38.1 Å². The molecule has 0 spiro atoms. The van der Waals surface area contributed by atoms with E-state index in [9.17, 15) is 4.79 Å². The minimum Gasteiger partial charge on any atom is -0.461 e. The second-order valence-corrected chi connectivity index (χ2v) is 7.05. The molecule has 0 N–H and O–H groups in total. The van der Waals surface area contributed by atoms with E-state index >= 15 is 0 Å². The maximum atomic E-state index is 11.9. The molecule has 1 aliphatic heterocycles. The molecule has 1 aromatic carbocycles. The summed E-state index contributed by atoms with van der Waals surface area (Å²) in [5.74, 6) is -0.436. The van der Waals surface area contributed by atoms with Crippen LogP contribution in [0.4, 0.5) is 5.69 Å². The van der Waals surface area contributed by atoms with E-state index in [-0.39, 0.29) is 11.7 Å². The fourth-order valence-electron chi connectivity index (χ4n) is 3.81. The number of esters is 1. The topological polar surface area (TPSA) is 75.5 Å². The van der Waals surface area contributed by atoms with Crippen LogP contribution in [0.25, 0.3) is 0 Å². The average molecular weight is 400 g/mol. The summed E-state index contributed by atoms with van der Waals surface area (Å²) in [7, 11) is 1.69. The first-order valence-electron chi connectivity index (χ1n) is 9.12. The number of hydrogen-bond acceptors (Lipinski definition) is 6. The van der Waals surface area contributed by atoms with Crippen LogP contribution in [0.2, 0.25) is 5.02 Å². The molecule has 1 aromatic heterocycles. The predicted molar refractivity (Wildman–Crippen MR) is 106 cm³/mol. The summed E-state index contributed by atoms with van der Waals surface area (Å²) in [4.78, 5) is 18.3. The maximum absolute atomic E-state index is 11.9. The molecule has 0 bridgehead atoms. The van der Waals surface area contributed by atoms with E-state index in [1.165, 1.54) is 0 Å². The van der Waals surface area contributed by atoms with Crippen molar-refractivity contribution in [3.05, 3.63) is 58.4 Å². The molecule has 3 rings (SSSR count). The lowest BCUT2D eigenvalue weighted by atomic mass is 9.87. The highest BCUT2D eigenvalue weighted by Gasteiger charge is 2.47. The molecule has 0 radical (unpaired) electrons. The number of benzene rings is 1. The predicted octanol–water partition coefficient (Wildman–Crippen LogP) is 3.92. The van der Waals surface area contributed by atoms with Gasteiger partial charge >= 0.3 is 5.97 Å². The average Bonchev–Trinajstić information content (AvgIpc) is 3.05. The molecule has 2 atom stereocenters. The number of nitriles is 1. The van der Waals surface area contributed by atoms with Gasteiger partial charge in [0.25, 0.3) is 0 Å². The first-order valence-corrected chi connectivity index (χ1v) is 9.49. The summed E-state index contributed by atoms with van der Waals surface area (Å²) < 4.78 is 11.0. The molecule has 0 amide bonds. The Morgan fingerprint density at radius 3 is 2.79 bits per heavy atom. The molecular formula is C21H22ClN3O3. The van der Waals surface area contributed by atoms with Crippen molar-refractivity contribution in [2.75, 3.05) is 25.2 Å². The van der Waals surface area contributed by atoms with Gasteiger partial charge < -0.3 is 14.4 Å². The van der Waals surface area contributed by atoms with E-state index in [1.54, 1.807) is 32.4 Å². The summed E-state index contributed by atoms with van der Waals surface area (Å²) in [6.45, 7) is 4.92. The molecule has 1 fully saturated rings. The SMILES string of the molecule is CCOC(=O)c1ccc([C@]2(OC)CCN(c3ccc(C#N)c(Cl)c3)[C@H]2C)cn1. The van der Waals surface area contributed by atoms with E-state index in [4.69, 9.17) is 26.3 Å². The Bertz CT molecular complexity index is 910. The number of carbonyl (C=O) groups excluding carboxylic acids is 1. The van der Waals surface area contributed by atoms with Crippen LogP contribution in [0, 0.1) is 11.3 Å². The second kappa shape index (κ2) is 8.17. The third-order valence-electron chi connectivity index (χ3n) is 5.37. The van der Waals surface area contributed by atoms with Gasteiger partial charge in [-0.1, -0.05) is 17.7 Å². The van der Waals surface area contributed by atoms with Gasteiger partial charge in [-0.3, -0.25) is 0 Å². The fourth-order valence-corrected chi connectivity index (χ4v) is 4.03. The fraction of sp³-hybridized carbons (Fsp3) is 0.381. The second-order valence-electron chi connectivity index (χ2n) is 6.64. The van der Waals surface area contributed by atoms with Gasteiger partial charge in [0.1, 0.15) is 17.4 Å². The van der Waals surface area contributed by atoms with Crippen LogP contribution in [-0.4, -0.2) is 37.3 Å². The summed E-state index contributed by atoms with van der Waals surface area (Å²) in [5.41, 5.74) is 2.00.